The van der Waals surface area contributed by atoms with Crippen LogP contribution in [0.5, 0.6) is 0 Å². The van der Waals surface area contributed by atoms with Crippen LogP contribution in [-0.4, -0.2) is 20.3 Å². The summed E-state index contributed by atoms with van der Waals surface area (Å²) in [6, 6.07) is 0. The number of rotatable bonds is 3. The molecule has 1 atom stereocenters. The van der Waals surface area contributed by atoms with Crippen LogP contribution in [0.4, 0.5) is 0 Å². The van der Waals surface area contributed by atoms with E-state index in [1.165, 1.54) is 19.3 Å². The third-order valence-electron chi connectivity index (χ3n) is 2.44. The van der Waals surface area contributed by atoms with E-state index in [1.54, 1.807) is 0 Å². The summed E-state index contributed by atoms with van der Waals surface area (Å²) in [5.74, 6) is 0.412. The van der Waals surface area contributed by atoms with E-state index in [0.29, 0.717) is 10.5 Å². The summed E-state index contributed by atoms with van der Waals surface area (Å²) in [7, 11) is 0. The van der Waals surface area contributed by atoms with Gasteiger partial charge in [0.1, 0.15) is 0 Å². The first-order valence-corrected chi connectivity index (χ1v) is 7.26. The Balaban J connectivity index is 2.38. The Bertz CT molecular complexity index is 175. The van der Waals surface area contributed by atoms with Crippen LogP contribution in [0.15, 0.2) is 0 Å². The number of carbonyl (C=O) groups excluding carboxylic acids is 1. The molecule has 1 radical (unpaired) electrons. The minimum atomic E-state index is -0.494. The van der Waals surface area contributed by atoms with Gasteiger partial charge in [-0.25, -0.2) is 0 Å². The standard InChI is InChI=1S/C11H20AsO/c1-11(2,3)12-10(13)9-7-5-4-6-8-9/h9,12H,1,4-8H2,2-3H3. The molecule has 0 N–H and O–H groups in total. The summed E-state index contributed by atoms with van der Waals surface area (Å²) in [5.41, 5.74) is 0. The molecule has 1 nitrogen and oxygen atoms in total. The Kier molecular flexibility index (Phi) is 4.03. The molecule has 1 rings (SSSR count). The van der Waals surface area contributed by atoms with Gasteiger partial charge in [-0.2, -0.15) is 0 Å². The molecule has 1 aliphatic rings. The third kappa shape index (κ3) is 4.31. The quantitative estimate of drug-likeness (QED) is 0.696. The summed E-state index contributed by atoms with van der Waals surface area (Å²) in [6.07, 6.45) is 6.16. The van der Waals surface area contributed by atoms with Crippen LogP contribution < -0.4 is 0 Å². The molecule has 1 fully saturated rings. The maximum atomic E-state index is 11.8. The molecule has 0 spiro atoms. The maximum absolute atomic E-state index is 11.8. The van der Waals surface area contributed by atoms with Crippen LogP contribution in [0.1, 0.15) is 46.0 Å². The van der Waals surface area contributed by atoms with Crippen molar-refractivity contribution in [3.05, 3.63) is 6.92 Å². The van der Waals surface area contributed by atoms with Gasteiger partial charge in [-0.1, -0.05) is 0 Å². The number of hydrogen-bond acceptors (Lipinski definition) is 1. The Morgan fingerprint density at radius 2 is 1.85 bits per heavy atom. The molecule has 0 bridgehead atoms. The molecular formula is C11H20AsO. The molecule has 0 aromatic carbocycles. The van der Waals surface area contributed by atoms with Gasteiger partial charge in [-0.3, -0.25) is 0 Å². The Hall–Kier alpha value is 0.228. The minimum absolute atomic E-state index is 0.0501. The first-order valence-electron chi connectivity index (χ1n) is 5.16. The van der Waals surface area contributed by atoms with Crippen LogP contribution in [0.2, 0.25) is 4.20 Å². The Morgan fingerprint density at radius 1 is 1.31 bits per heavy atom. The third-order valence-corrected chi connectivity index (χ3v) is 5.23. The summed E-state index contributed by atoms with van der Waals surface area (Å²) >= 11 is -0.494. The predicted octanol–water partition coefficient (Wildman–Crippen LogP) is 2.56. The molecule has 0 saturated heterocycles. The topological polar surface area (TPSA) is 17.1 Å². The van der Waals surface area contributed by atoms with E-state index in [2.05, 4.69) is 20.8 Å². The van der Waals surface area contributed by atoms with E-state index in [1.807, 2.05) is 0 Å². The van der Waals surface area contributed by atoms with E-state index in [4.69, 9.17) is 0 Å². The Morgan fingerprint density at radius 3 is 2.31 bits per heavy atom. The molecule has 0 heterocycles. The molecule has 0 amide bonds. The second kappa shape index (κ2) is 4.64. The van der Waals surface area contributed by atoms with Crippen molar-refractivity contribution in [2.45, 2.75) is 50.2 Å². The van der Waals surface area contributed by atoms with Gasteiger partial charge >= 0.3 is 88.1 Å². The predicted molar refractivity (Wildman–Crippen MR) is 58.1 cm³/mol. The van der Waals surface area contributed by atoms with Crippen molar-refractivity contribution in [1.82, 2.24) is 0 Å². The molecule has 1 saturated carbocycles. The van der Waals surface area contributed by atoms with Gasteiger partial charge in [0.2, 0.25) is 0 Å². The molecule has 0 aliphatic heterocycles. The summed E-state index contributed by atoms with van der Waals surface area (Å²) in [4.78, 5) is 11.8. The average Bonchev–Trinajstić information content (AvgIpc) is 2.03. The fourth-order valence-corrected chi connectivity index (χ4v) is 4.23. The van der Waals surface area contributed by atoms with Crippen LogP contribution in [0.25, 0.3) is 0 Å². The fourth-order valence-electron chi connectivity index (χ4n) is 1.80. The van der Waals surface area contributed by atoms with Crippen molar-refractivity contribution >= 4 is 20.3 Å². The second-order valence-corrected chi connectivity index (χ2v) is 9.11. The molecule has 1 unspecified atom stereocenters. The zero-order valence-electron chi connectivity index (χ0n) is 8.73. The van der Waals surface area contributed by atoms with Gasteiger partial charge < -0.3 is 0 Å². The summed E-state index contributed by atoms with van der Waals surface area (Å²) < 4.78 is 0.619. The van der Waals surface area contributed by atoms with Gasteiger partial charge in [0, 0.05) is 0 Å². The van der Waals surface area contributed by atoms with E-state index >= 15 is 0 Å². The van der Waals surface area contributed by atoms with Gasteiger partial charge in [0.05, 0.1) is 0 Å². The molecule has 0 aromatic heterocycles. The van der Waals surface area contributed by atoms with Crippen LogP contribution in [0, 0.1) is 12.8 Å². The normalized spacial score (nSPS) is 21.2. The zero-order chi connectivity index (χ0) is 9.90. The SMILES string of the molecule is [CH2]C(C)(C)[AsH]C(=O)C1CCCCC1. The van der Waals surface area contributed by atoms with Crippen molar-refractivity contribution in [3.8, 4) is 0 Å². The van der Waals surface area contributed by atoms with Crippen molar-refractivity contribution in [3.63, 3.8) is 0 Å². The molecule has 1 aliphatic carbocycles. The van der Waals surface area contributed by atoms with Crippen molar-refractivity contribution in [1.29, 1.82) is 0 Å². The molecular weight excluding hydrogens is 223 g/mol. The van der Waals surface area contributed by atoms with Crippen molar-refractivity contribution in [2.75, 3.05) is 0 Å². The van der Waals surface area contributed by atoms with Crippen LogP contribution in [0.3, 0.4) is 0 Å². The van der Waals surface area contributed by atoms with E-state index < -0.39 is 15.8 Å². The van der Waals surface area contributed by atoms with Gasteiger partial charge in [-0.15, -0.1) is 0 Å². The van der Waals surface area contributed by atoms with Crippen LogP contribution in [-0.2, 0) is 4.79 Å². The second-order valence-electron chi connectivity index (χ2n) is 4.71. The summed E-state index contributed by atoms with van der Waals surface area (Å²) in [5, 5.41) is 0. The first kappa shape index (κ1) is 11.3. The van der Waals surface area contributed by atoms with Gasteiger partial charge in [0.15, 0.2) is 0 Å². The summed E-state index contributed by atoms with van der Waals surface area (Å²) in [6.45, 7) is 8.22. The average molecular weight is 243 g/mol. The number of carbonyl (C=O) groups is 1. The number of hydrogen-bond donors (Lipinski definition) is 0. The fraction of sp³-hybridized carbons (Fsp3) is 0.818. The first-order chi connectivity index (χ1) is 5.99. The Labute approximate surface area is 88.4 Å². The van der Waals surface area contributed by atoms with E-state index in [0.717, 1.165) is 12.8 Å². The van der Waals surface area contributed by atoms with Crippen LogP contribution >= 0.6 is 0 Å². The van der Waals surface area contributed by atoms with Crippen molar-refractivity contribution in [2.24, 2.45) is 5.92 Å². The molecule has 75 valence electrons. The van der Waals surface area contributed by atoms with E-state index in [-0.39, 0.29) is 4.20 Å². The van der Waals surface area contributed by atoms with E-state index in [9.17, 15) is 4.79 Å². The monoisotopic (exact) mass is 243 g/mol. The molecule has 2 heteroatoms. The zero-order valence-corrected chi connectivity index (χ0v) is 10.8. The molecule has 13 heavy (non-hydrogen) atoms. The van der Waals surface area contributed by atoms with Gasteiger partial charge in [0.25, 0.3) is 0 Å². The molecule has 0 aromatic rings. The van der Waals surface area contributed by atoms with Crippen molar-refractivity contribution < 1.29 is 4.79 Å². The van der Waals surface area contributed by atoms with Gasteiger partial charge in [-0.05, 0) is 0 Å².